The molecule has 1 aromatic carbocycles. The molecular weight excluding hydrogens is 273 g/mol. The third-order valence-electron chi connectivity index (χ3n) is 1.86. The highest BCUT2D eigenvalue weighted by atomic mass is 32.1. The van der Waals surface area contributed by atoms with Gasteiger partial charge in [-0.05, 0) is 35.0 Å². The van der Waals surface area contributed by atoms with Gasteiger partial charge >= 0.3 is 14.4 Å². The number of thiophene rings is 1. The summed E-state index contributed by atoms with van der Waals surface area (Å²) in [5.41, 5.74) is 0. The van der Waals surface area contributed by atoms with Crippen LogP contribution in [0.1, 0.15) is 0 Å². The van der Waals surface area contributed by atoms with Crippen molar-refractivity contribution in [3.63, 3.8) is 0 Å². The number of phosphoric ester groups is 1. The first-order valence-corrected chi connectivity index (χ1v) is 6.80. The molecule has 0 radical (unpaired) electrons. The third kappa shape index (κ3) is 3.23. The van der Waals surface area contributed by atoms with Crippen LogP contribution in [-0.4, -0.2) is 11.5 Å². The SMILES string of the molecule is O=P(O)(Oc1ccc2sccc2c1)OC(F)F. The Morgan fingerprint density at radius 3 is 2.82 bits per heavy atom. The minimum absolute atomic E-state index is 0.00221. The smallest absolute Gasteiger partial charge is 0.404 e. The minimum atomic E-state index is -4.78. The van der Waals surface area contributed by atoms with Gasteiger partial charge in [-0.25, -0.2) is 9.09 Å². The zero-order valence-electron chi connectivity index (χ0n) is 8.25. The lowest BCUT2D eigenvalue weighted by Gasteiger charge is -2.12. The second-order valence-corrected chi connectivity index (χ2v) is 5.32. The highest BCUT2D eigenvalue weighted by Gasteiger charge is 2.28. The summed E-state index contributed by atoms with van der Waals surface area (Å²) in [6.45, 7) is -3.37. The summed E-state index contributed by atoms with van der Waals surface area (Å²) in [4.78, 5) is 8.99. The molecule has 0 bridgehead atoms. The van der Waals surface area contributed by atoms with Crippen molar-refractivity contribution in [3.05, 3.63) is 29.6 Å². The lowest BCUT2D eigenvalue weighted by Crippen LogP contribution is -2.01. The summed E-state index contributed by atoms with van der Waals surface area (Å²) in [5.74, 6) is 0.00221. The average molecular weight is 280 g/mol. The van der Waals surface area contributed by atoms with Crippen LogP contribution in [0.5, 0.6) is 5.75 Å². The van der Waals surface area contributed by atoms with Gasteiger partial charge in [-0.2, -0.15) is 8.78 Å². The van der Waals surface area contributed by atoms with Crippen LogP contribution in [0.2, 0.25) is 0 Å². The van der Waals surface area contributed by atoms with Gasteiger partial charge in [0.25, 0.3) is 0 Å². The number of fused-ring (bicyclic) bond motifs is 1. The number of hydrogen-bond donors (Lipinski definition) is 1. The molecule has 2 rings (SSSR count). The summed E-state index contributed by atoms with van der Waals surface area (Å²) in [7, 11) is -4.78. The highest BCUT2D eigenvalue weighted by molar-refractivity contribution is 7.47. The second-order valence-electron chi connectivity index (χ2n) is 3.05. The molecule has 4 nitrogen and oxygen atoms in total. The fraction of sp³-hybridized carbons (Fsp3) is 0.111. The average Bonchev–Trinajstić information content (AvgIpc) is 2.61. The normalized spacial score (nSPS) is 15.1. The summed E-state index contributed by atoms with van der Waals surface area (Å²) < 4.78 is 43.7. The van der Waals surface area contributed by atoms with Crippen molar-refractivity contribution in [1.29, 1.82) is 0 Å². The largest absolute Gasteiger partial charge is 0.532 e. The predicted octanol–water partition coefficient (Wildman–Crippen LogP) is 3.62. The molecule has 1 atom stereocenters. The van der Waals surface area contributed by atoms with Crippen molar-refractivity contribution in [2.75, 3.05) is 0 Å². The Bertz CT molecular complexity index is 571. The van der Waals surface area contributed by atoms with Gasteiger partial charge in [0, 0.05) is 4.70 Å². The molecule has 0 amide bonds. The Hall–Kier alpha value is -1.01. The van der Waals surface area contributed by atoms with Crippen LogP contribution in [0.25, 0.3) is 10.1 Å². The zero-order valence-corrected chi connectivity index (χ0v) is 9.96. The summed E-state index contributed by atoms with van der Waals surface area (Å²) in [5, 5.41) is 2.63. The van der Waals surface area contributed by atoms with E-state index in [4.69, 9.17) is 4.89 Å². The van der Waals surface area contributed by atoms with Gasteiger partial charge in [-0.1, -0.05) is 0 Å². The van der Waals surface area contributed by atoms with Crippen molar-refractivity contribution in [3.8, 4) is 5.75 Å². The number of halogens is 2. The van der Waals surface area contributed by atoms with Gasteiger partial charge in [0.1, 0.15) is 5.75 Å². The van der Waals surface area contributed by atoms with Gasteiger partial charge in [-0.3, -0.25) is 4.89 Å². The Balaban J connectivity index is 2.20. The first-order chi connectivity index (χ1) is 7.96. The van der Waals surface area contributed by atoms with Crippen molar-refractivity contribution in [2.24, 2.45) is 0 Å². The first-order valence-electron chi connectivity index (χ1n) is 4.42. The lowest BCUT2D eigenvalue weighted by molar-refractivity contribution is -0.0652. The molecule has 1 N–H and O–H groups in total. The monoisotopic (exact) mass is 280 g/mol. The van der Waals surface area contributed by atoms with E-state index in [0.717, 1.165) is 10.1 Å². The van der Waals surface area contributed by atoms with Gasteiger partial charge < -0.3 is 4.52 Å². The van der Waals surface area contributed by atoms with Crippen molar-refractivity contribution >= 4 is 29.2 Å². The molecule has 0 aliphatic rings. The van der Waals surface area contributed by atoms with Gasteiger partial charge in [0.15, 0.2) is 0 Å². The molecule has 1 aromatic heterocycles. The van der Waals surface area contributed by atoms with Crippen LogP contribution < -0.4 is 4.52 Å². The third-order valence-corrected chi connectivity index (χ3v) is 3.62. The van der Waals surface area contributed by atoms with Gasteiger partial charge in [-0.15, -0.1) is 11.3 Å². The molecule has 0 aliphatic heterocycles. The van der Waals surface area contributed by atoms with E-state index in [2.05, 4.69) is 9.05 Å². The first kappa shape index (κ1) is 12.4. The maximum atomic E-state index is 11.8. The lowest BCUT2D eigenvalue weighted by atomic mass is 10.2. The number of alkyl halides is 2. The summed E-state index contributed by atoms with van der Waals surface area (Å²) in [6, 6.07) is 6.33. The molecule has 0 saturated heterocycles. The molecule has 0 fully saturated rings. The zero-order chi connectivity index (χ0) is 12.5. The van der Waals surface area contributed by atoms with E-state index in [1.807, 2.05) is 5.38 Å². The summed E-state index contributed by atoms with van der Waals surface area (Å²) in [6.07, 6.45) is 0. The van der Waals surface area contributed by atoms with E-state index in [9.17, 15) is 13.3 Å². The second kappa shape index (κ2) is 4.70. The van der Waals surface area contributed by atoms with E-state index >= 15 is 0 Å². The number of benzene rings is 1. The Morgan fingerprint density at radius 1 is 1.35 bits per heavy atom. The van der Waals surface area contributed by atoms with Gasteiger partial charge in [0.2, 0.25) is 0 Å². The Kier molecular flexibility index (Phi) is 3.44. The van der Waals surface area contributed by atoms with Crippen LogP contribution >= 0.6 is 19.2 Å². The maximum Gasteiger partial charge on any atom is 0.532 e. The fourth-order valence-electron chi connectivity index (χ4n) is 1.26. The van der Waals surface area contributed by atoms with Crippen LogP contribution in [0, 0.1) is 0 Å². The van der Waals surface area contributed by atoms with E-state index in [1.165, 1.54) is 23.5 Å². The molecule has 8 heteroatoms. The van der Waals surface area contributed by atoms with Crippen LogP contribution in [0.15, 0.2) is 29.6 Å². The molecule has 0 saturated carbocycles. The molecule has 1 heterocycles. The summed E-state index contributed by atoms with van der Waals surface area (Å²) >= 11 is 1.49. The van der Waals surface area contributed by atoms with Crippen LogP contribution in [0.4, 0.5) is 8.78 Å². The highest BCUT2D eigenvalue weighted by Crippen LogP contribution is 2.46. The quantitative estimate of drug-likeness (QED) is 0.869. The fourth-order valence-corrected chi connectivity index (χ4v) is 2.65. The van der Waals surface area contributed by atoms with E-state index < -0.39 is 14.4 Å². The predicted molar refractivity (Wildman–Crippen MR) is 59.4 cm³/mol. The number of hydrogen-bond acceptors (Lipinski definition) is 4. The molecule has 92 valence electrons. The minimum Gasteiger partial charge on any atom is -0.404 e. The Labute approximate surface area is 99.0 Å². The molecular formula is C9H7F2O4PS. The van der Waals surface area contributed by atoms with Gasteiger partial charge in [0.05, 0.1) is 0 Å². The van der Waals surface area contributed by atoms with Crippen molar-refractivity contribution in [1.82, 2.24) is 0 Å². The number of rotatable bonds is 4. The van der Waals surface area contributed by atoms with Crippen LogP contribution in [0.3, 0.4) is 0 Å². The molecule has 2 aromatic rings. The molecule has 1 unspecified atom stereocenters. The Morgan fingerprint density at radius 2 is 2.12 bits per heavy atom. The maximum absolute atomic E-state index is 11.8. The van der Waals surface area contributed by atoms with E-state index in [1.54, 1.807) is 12.1 Å². The topological polar surface area (TPSA) is 55.8 Å². The molecule has 0 aliphatic carbocycles. The molecule has 17 heavy (non-hydrogen) atoms. The van der Waals surface area contributed by atoms with Crippen LogP contribution in [-0.2, 0) is 9.09 Å². The van der Waals surface area contributed by atoms with Crippen molar-refractivity contribution in [2.45, 2.75) is 6.61 Å². The standard InChI is InChI=1S/C9H7F2O4PS/c10-9(11)15-16(12,13)14-7-1-2-8-6(5-7)3-4-17-8/h1-5,9H,(H,12,13). The number of phosphoric acid groups is 1. The molecule has 0 spiro atoms. The van der Waals surface area contributed by atoms with E-state index in [0.29, 0.717) is 0 Å². The van der Waals surface area contributed by atoms with E-state index in [-0.39, 0.29) is 5.75 Å². The van der Waals surface area contributed by atoms with Crippen molar-refractivity contribution < 1.29 is 27.3 Å².